The predicted octanol–water partition coefficient (Wildman–Crippen LogP) is -4.18. The van der Waals surface area contributed by atoms with E-state index < -0.39 is 0 Å². The fourth-order valence-corrected chi connectivity index (χ4v) is 7.63. The highest BCUT2D eigenvalue weighted by Gasteiger charge is 2.30. The Morgan fingerprint density at radius 2 is 0.857 bits per heavy atom. The minimum Gasteiger partial charge on any atom is -1.00 e. The molecule has 2 aliphatic heterocycles. The van der Waals surface area contributed by atoms with E-state index in [2.05, 4.69) is 0 Å². The van der Waals surface area contributed by atoms with Gasteiger partial charge >= 0.3 is 0 Å². The zero-order valence-electron chi connectivity index (χ0n) is 8.64. The zero-order valence-corrected chi connectivity index (χ0v) is 13.4. The molecule has 2 fully saturated rings. The maximum absolute atomic E-state index is 1.60. The third-order valence-electron chi connectivity index (χ3n) is 2.89. The molecule has 86 valence electrons. The maximum atomic E-state index is 1.60. The second kappa shape index (κ2) is 8.77. The Hall–Kier alpha value is 1.66. The second-order valence-electron chi connectivity index (χ2n) is 3.86. The molecule has 0 aliphatic carbocycles. The van der Waals surface area contributed by atoms with Crippen molar-refractivity contribution in [2.24, 2.45) is 0 Å². The Morgan fingerprint density at radius 1 is 0.571 bits per heavy atom. The van der Waals surface area contributed by atoms with Gasteiger partial charge < -0.3 is 34.0 Å². The topological polar surface area (TPSA) is 0 Å². The van der Waals surface area contributed by atoms with Crippen molar-refractivity contribution >= 4 is 21.8 Å². The SMILES string of the molecule is C1CC[S+](CC[S+]2CCCC2)C1.[Br-].[Br-]. The normalized spacial score (nSPS) is 23.1. The summed E-state index contributed by atoms with van der Waals surface area (Å²) in [7, 11) is 1.77. The van der Waals surface area contributed by atoms with E-state index >= 15 is 0 Å². The van der Waals surface area contributed by atoms with Crippen LogP contribution < -0.4 is 34.0 Å². The van der Waals surface area contributed by atoms with Gasteiger partial charge in [0.05, 0.1) is 0 Å². The van der Waals surface area contributed by atoms with Crippen LogP contribution in [0.1, 0.15) is 25.7 Å². The van der Waals surface area contributed by atoms with Crippen LogP contribution in [0.5, 0.6) is 0 Å². The Morgan fingerprint density at radius 3 is 1.14 bits per heavy atom. The molecule has 0 N–H and O–H groups in total. The molecule has 0 nitrogen and oxygen atoms in total. The lowest BCUT2D eigenvalue weighted by atomic mass is 10.4. The van der Waals surface area contributed by atoms with Crippen LogP contribution in [0.3, 0.4) is 0 Å². The lowest BCUT2D eigenvalue weighted by Gasteiger charge is -2.00. The molecule has 0 aromatic carbocycles. The van der Waals surface area contributed by atoms with Crippen LogP contribution in [0.15, 0.2) is 0 Å². The summed E-state index contributed by atoms with van der Waals surface area (Å²) in [5.74, 6) is 9.52. The monoisotopic (exact) mass is 362 g/mol. The first-order chi connectivity index (χ1) is 5.95. The molecular formula is C10H20Br2S2. The van der Waals surface area contributed by atoms with Gasteiger partial charge in [-0.2, -0.15) is 0 Å². The Kier molecular flexibility index (Phi) is 9.81. The minimum atomic E-state index is 0. The average Bonchev–Trinajstić information content (AvgIpc) is 2.74. The highest BCUT2D eigenvalue weighted by molar-refractivity contribution is 8.00. The van der Waals surface area contributed by atoms with E-state index in [1.807, 2.05) is 0 Å². The molecule has 2 rings (SSSR count). The summed E-state index contributed by atoms with van der Waals surface area (Å²) in [6.07, 6.45) is 6.15. The van der Waals surface area contributed by atoms with E-state index in [9.17, 15) is 0 Å². The van der Waals surface area contributed by atoms with Crippen molar-refractivity contribution < 1.29 is 34.0 Å². The highest BCUT2D eigenvalue weighted by atomic mass is 79.9. The van der Waals surface area contributed by atoms with Crippen LogP contribution >= 0.6 is 0 Å². The molecule has 2 aliphatic rings. The van der Waals surface area contributed by atoms with Gasteiger partial charge in [-0.1, -0.05) is 0 Å². The van der Waals surface area contributed by atoms with E-state index in [1.165, 1.54) is 25.7 Å². The fourth-order valence-electron chi connectivity index (χ4n) is 2.07. The van der Waals surface area contributed by atoms with E-state index in [-0.39, 0.29) is 34.0 Å². The van der Waals surface area contributed by atoms with Crippen LogP contribution in [-0.4, -0.2) is 34.5 Å². The van der Waals surface area contributed by atoms with E-state index in [0.29, 0.717) is 0 Å². The van der Waals surface area contributed by atoms with Crippen LogP contribution in [0, 0.1) is 0 Å². The molecule has 0 spiro atoms. The Labute approximate surface area is 115 Å². The van der Waals surface area contributed by atoms with Gasteiger partial charge in [-0.15, -0.1) is 0 Å². The largest absolute Gasteiger partial charge is 1.00 e. The van der Waals surface area contributed by atoms with Crippen molar-refractivity contribution in [2.75, 3.05) is 34.5 Å². The minimum absolute atomic E-state index is 0. The molecular weight excluding hydrogens is 344 g/mol. The summed E-state index contributed by atoms with van der Waals surface area (Å²) >= 11 is 0. The zero-order chi connectivity index (χ0) is 8.23. The number of halogens is 2. The van der Waals surface area contributed by atoms with Crippen LogP contribution in [-0.2, 0) is 21.8 Å². The summed E-state index contributed by atoms with van der Waals surface area (Å²) in [4.78, 5) is 0. The lowest BCUT2D eigenvalue weighted by molar-refractivity contribution is -0.00100. The number of rotatable bonds is 3. The van der Waals surface area contributed by atoms with E-state index in [1.54, 1.807) is 34.5 Å². The summed E-state index contributed by atoms with van der Waals surface area (Å²) in [5.41, 5.74) is 0. The smallest absolute Gasteiger partial charge is 0.152 e. The summed E-state index contributed by atoms with van der Waals surface area (Å²) < 4.78 is 0. The molecule has 0 saturated carbocycles. The molecule has 0 aromatic rings. The third kappa shape index (κ3) is 5.13. The Balaban J connectivity index is 0.000000845. The second-order valence-corrected chi connectivity index (χ2v) is 8.76. The average molecular weight is 364 g/mol. The van der Waals surface area contributed by atoms with Gasteiger partial charge in [-0.05, 0) is 47.5 Å². The first-order valence-electron chi connectivity index (χ1n) is 5.23. The van der Waals surface area contributed by atoms with Crippen molar-refractivity contribution in [3.05, 3.63) is 0 Å². The van der Waals surface area contributed by atoms with Crippen LogP contribution in [0.25, 0.3) is 0 Å². The maximum Gasteiger partial charge on any atom is 0.152 e. The predicted molar refractivity (Wildman–Crippen MR) is 62.4 cm³/mol. The van der Waals surface area contributed by atoms with Gasteiger partial charge in [-0.25, -0.2) is 0 Å². The third-order valence-corrected chi connectivity index (χ3v) is 8.18. The molecule has 0 amide bonds. The summed E-state index contributed by atoms with van der Waals surface area (Å²) in [5, 5.41) is 0. The van der Waals surface area contributed by atoms with Crippen molar-refractivity contribution in [1.82, 2.24) is 0 Å². The van der Waals surface area contributed by atoms with Gasteiger partial charge in [0.25, 0.3) is 0 Å². The summed E-state index contributed by atoms with van der Waals surface area (Å²) in [6.45, 7) is 0. The molecule has 2 saturated heterocycles. The Bertz CT molecular complexity index is 116. The summed E-state index contributed by atoms with van der Waals surface area (Å²) in [6, 6.07) is 0. The van der Waals surface area contributed by atoms with Gasteiger partial charge in [0.2, 0.25) is 0 Å². The van der Waals surface area contributed by atoms with E-state index in [4.69, 9.17) is 0 Å². The molecule has 0 radical (unpaired) electrons. The molecule has 4 heteroatoms. The first kappa shape index (κ1) is 15.7. The van der Waals surface area contributed by atoms with Crippen molar-refractivity contribution in [3.8, 4) is 0 Å². The van der Waals surface area contributed by atoms with Gasteiger partial charge in [0, 0.05) is 0 Å². The number of hydrogen-bond donors (Lipinski definition) is 0. The van der Waals surface area contributed by atoms with Crippen molar-refractivity contribution in [2.45, 2.75) is 25.7 Å². The lowest BCUT2D eigenvalue weighted by Crippen LogP contribution is -3.00. The van der Waals surface area contributed by atoms with Gasteiger partial charge in [0.15, 0.2) is 11.5 Å². The number of hydrogen-bond acceptors (Lipinski definition) is 0. The first-order valence-corrected chi connectivity index (χ1v) is 8.70. The molecule has 2 heterocycles. The van der Waals surface area contributed by atoms with Crippen molar-refractivity contribution in [3.63, 3.8) is 0 Å². The highest BCUT2D eigenvalue weighted by Crippen LogP contribution is 2.17. The van der Waals surface area contributed by atoms with Gasteiger partial charge in [-0.3, -0.25) is 0 Å². The van der Waals surface area contributed by atoms with Crippen LogP contribution in [0.4, 0.5) is 0 Å². The fraction of sp³-hybridized carbons (Fsp3) is 1.00. The molecule has 0 bridgehead atoms. The quantitative estimate of drug-likeness (QED) is 0.446. The molecule has 0 aromatic heterocycles. The van der Waals surface area contributed by atoms with Gasteiger partial charge in [0.1, 0.15) is 23.0 Å². The van der Waals surface area contributed by atoms with Crippen molar-refractivity contribution in [1.29, 1.82) is 0 Å². The standard InChI is InChI=1S/C10H20S2.2BrH/c1-2-6-11(5-1)9-10-12-7-3-4-8-12;;/h1-10H2;2*1H/q+2;;/p-2. The molecule has 0 unspecified atom stereocenters. The van der Waals surface area contributed by atoms with E-state index in [0.717, 1.165) is 21.8 Å². The molecule has 14 heavy (non-hydrogen) atoms. The molecule has 0 atom stereocenters. The van der Waals surface area contributed by atoms with Crippen LogP contribution in [0.2, 0.25) is 0 Å².